The van der Waals surface area contributed by atoms with Gasteiger partial charge in [0, 0.05) is 15.5 Å². The molecule has 0 fully saturated rings. The zero-order valence-corrected chi connectivity index (χ0v) is 20.2. The first-order valence-electron chi connectivity index (χ1n) is 10.0. The van der Waals surface area contributed by atoms with Crippen LogP contribution in [0.5, 0.6) is 0 Å². The minimum absolute atomic E-state index is 0.0226. The number of amides is 2. The van der Waals surface area contributed by atoms with Crippen LogP contribution in [-0.4, -0.2) is 28.2 Å². The fourth-order valence-corrected chi connectivity index (χ4v) is 4.31. The van der Waals surface area contributed by atoms with Gasteiger partial charge in [-0.3, -0.25) is 14.9 Å². The maximum absolute atomic E-state index is 12.3. The summed E-state index contributed by atoms with van der Waals surface area (Å²) in [6, 6.07) is 18.2. The number of rotatable bonds is 8. The van der Waals surface area contributed by atoms with Gasteiger partial charge >= 0.3 is 0 Å². The van der Waals surface area contributed by atoms with Crippen LogP contribution in [-0.2, 0) is 11.2 Å². The first kappa shape index (κ1) is 23.7. The van der Waals surface area contributed by atoms with Gasteiger partial charge in [-0.15, -0.1) is 10.2 Å². The van der Waals surface area contributed by atoms with Crippen LogP contribution in [0.25, 0.3) is 0 Å². The maximum atomic E-state index is 12.3. The highest BCUT2D eigenvalue weighted by molar-refractivity contribution is 7.99. The highest BCUT2D eigenvalue weighted by atomic mass is 35.5. The molecule has 2 N–H and O–H groups in total. The number of carbonyl (C=O) groups is 2. The zero-order chi connectivity index (χ0) is 23.9. The molecule has 0 atom stereocenters. The van der Waals surface area contributed by atoms with Crippen molar-refractivity contribution in [3.8, 4) is 0 Å². The Kier molecular flexibility index (Phi) is 7.73. The van der Waals surface area contributed by atoms with Crippen molar-refractivity contribution >= 4 is 57.9 Å². The predicted molar refractivity (Wildman–Crippen MR) is 133 cm³/mol. The van der Waals surface area contributed by atoms with Crippen LogP contribution in [0.15, 0.2) is 80.2 Å². The summed E-state index contributed by atoms with van der Waals surface area (Å²) in [7, 11) is 0. The van der Waals surface area contributed by atoms with E-state index in [1.807, 2.05) is 49.4 Å². The average molecular weight is 512 g/mol. The molecule has 4 rings (SSSR count). The van der Waals surface area contributed by atoms with E-state index in [-0.39, 0.29) is 18.2 Å². The van der Waals surface area contributed by atoms with E-state index in [1.165, 1.54) is 18.0 Å². The summed E-state index contributed by atoms with van der Waals surface area (Å²) in [5, 5.41) is 16.6. The second kappa shape index (κ2) is 11.1. The van der Waals surface area contributed by atoms with Gasteiger partial charge in [0.1, 0.15) is 10.8 Å². The van der Waals surface area contributed by atoms with Crippen LogP contribution in [0, 0.1) is 6.92 Å². The van der Waals surface area contributed by atoms with Crippen LogP contribution in [0.1, 0.15) is 26.7 Å². The van der Waals surface area contributed by atoms with Crippen molar-refractivity contribution < 1.29 is 14.0 Å². The summed E-state index contributed by atoms with van der Waals surface area (Å²) in [4.78, 5) is 25.4. The third-order valence-corrected chi connectivity index (χ3v) is 6.35. The molecule has 172 valence electrons. The molecule has 0 aliphatic heterocycles. The van der Waals surface area contributed by atoms with Gasteiger partial charge in [0.2, 0.25) is 11.0 Å². The van der Waals surface area contributed by atoms with E-state index < -0.39 is 0 Å². The second-order valence-electron chi connectivity index (χ2n) is 7.00. The standard InChI is InChI=1S/C23H18ClN5O3S2/c1-14-2-4-15(5-3-14)22(31)26-23-29-28-20(34-23)12-19(30)27-25-13-17-8-11-21(32-17)33-18-9-6-16(24)7-10-18/h2-11,13H,12H2,1H3,(H,27,30)(H,26,29,31). The number of carbonyl (C=O) groups excluding carboxylic acids is 2. The topological polar surface area (TPSA) is 109 Å². The van der Waals surface area contributed by atoms with E-state index in [4.69, 9.17) is 16.0 Å². The monoisotopic (exact) mass is 511 g/mol. The van der Waals surface area contributed by atoms with Gasteiger partial charge in [-0.1, -0.05) is 52.4 Å². The SMILES string of the molecule is Cc1ccc(C(=O)Nc2nnc(CC(=O)NN=Cc3ccc(Sc4ccc(Cl)cc4)o3)s2)cc1. The Bertz CT molecular complexity index is 1320. The second-order valence-corrected chi connectivity index (χ2v) is 9.58. The first-order valence-corrected chi connectivity index (χ1v) is 12.0. The number of halogens is 1. The van der Waals surface area contributed by atoms with Crippen molar-refractivity contribution in [1.82, 2.24) is 15.6 Å². The average Bonchev–Trinajstić information content (AvgIpc) is 3.45. The summed E-state index contributed by atoms with van der Waals surface area (Å²) in [5.41, 5.74) is 4.01. The molecular formula is C23H18ClN5O3S2. The Morgan fingerprint density at radius 1 is 1.09 bits per heavy atom. The largest absolute Gasteiger partial charge is 0.448 e. The summed E-state index contributed by atoms with van der Waals surface area (Å²) >= 11 is 8.47. The lowest BCUT2D eigenvalue weighted by Crippen LogP contribution is -2.19. The molecule has 4 aromatic rings. The number of benzene rings is 2. The van der Waals surface area contributed by atoms with E-state index in [0.717, 1.165) is 21.8 Å². The molecule has 0 spiro atoms. The Hall–Kier alpha value is -3.47. The molecule has 0 saturated heterocycles. The zero-order valence-electron chi connectivity index (χ0n) is 17.8. The van der Waals surface area contributed by atoms with Gasteiger partial charge in [0.15, 0.2) is 5.09 Å². The molecule has 2 amide bonds. The minimum Gasteiger partial charge on any atom is -0.448 e. The highest BCUT2D eigenvalue weighted by Crippen LogP contribution is 2.29. The molecule has 2 aromatic heterocycles. The van der Waals surface area contributed by atoms with Crippen molar-refractivity contribution in [2.24, 2.45) is 5.10 Å². The Morgan fingerprint density at radius 2 is 1.85 bits per heavy atom. The number of hydrogen-bond acceptors (Lipinski definition) is 8. The third-order valence-electron chi connectivity index (χ3n) is 4.33. The predicted octanol–water partition coefficient (Wildman–Crippen LogP) is 5.19. The molecule has 0 aliphatic carbocycles. The number of furan rings is 1. The van der Waals surface area contributed by atoms with Gasteiger partial charge in [0.25, 0.3) is 5.91 Å². The summed E-state index contributed by atoms with van der Waals surface area (Å²) in [5.74, 6) is -0.163. The van der Waals surface area contributed by atoms with Gasteiger partial charge < -0.3 is 4.42 Å². The Morgan fingerprint density at radius 3 is 2.62 bits per heavy atom. The minimum atomic E-state index is -0.369. The molecule has 0 radical (unpaired) electrons. The number of aryl methyl sites for hydroxylation is 1. The van der Waals surface area contributed by atoms with E-state index in [2.05, 4.69) is 26.0 Å². The van der Waals surface area contributed by atoms with Gasteiger partial charge in [-0.25, -0.2) is 5.43 Å². The molecule has 34 heavy (non-hydrogen) atoms. The fourth-order valence-electron chi connectivity index (χ4n) is 2.67. The third kappa shape index (κ3) is 6.77. The molecule has 2 heterocycles. The Labute approximate surface area is 208 Å². The normalized spacial score (nSPS) is 11.0. The number of nitrogens with zero attached hydrogens (tertiary/aromatic N) is 3. The first-order chi connectivity index (χ1) is 16.4. The van der Waals surface area contributed by atoms with Crippen LogP contribution in [0.4, 0.5) is 5.13 Å². The van der Waals surface area contributed by atoms with Crippen molar-refractivity contribution in [2.75, 3.05) is 5.32 Å². The van der Waals surface area contributed by atoms with Crippen molar-refractivity contribution in [3.05, 3.63) is 87.6 Å². The van der Waals surface area contributed by atoms with Crippen LogP contribution in [0.3, 0.4) is 0 Å². The van der Waals surface area contributed by atoms with Crippen LogP contribution >= 0.6 is 34.7 Å². The van der Waals surface area contributed by atoms with Crippen LogP contribution < -0.4 is 10.7 Å². The number of nitrogens with one attached hydrogen (secondary N) is 2. The maximum Gasteiger partial charge on any atom is 0.257 e. The van der Waals surface area contributed by atoms with Crippen molar-refractivity contribution in [2.45, 2.75) is 23.3 Å². The van der Waals surface area contributed by atoms with E-state index in [0.29, 0.717) is 31.6 Å². The lowest BCUT2D eigenvalue weighted by molar-refractivity contribution is -0.120. The lowest BCUT2D eigenvalue weighted by atomic mass is 10.1. The highest BCUT2D eigenvalue weighted by Gasteiger charge is 2.12. The van der Waals surface area contributed by atoms with Crippen LogP contribution in [0.2, 0.25) is 5.02 Å². The molecule has 0 bridgehead atoms. The van der Waals surface area contributed by atoms with E-state index in [1.54, 1.807) is 18.2 Å². The number of hydrazone groups is 1. The smallest absolute Gasteiger partial charge is 0.257 e. The van der Waals surface area contributed by atoms with Crippen molar-refractivity contribution in [3.63, 3.8) is 0 Å². The molecule has 2 aromatic carbocycles. The lowest BCUT2D eigenvalue weighted by Gasteiger charge is -2.01. The molecular weight excluding hydrogens is 494 g/mol. The molecule has 8 nitrogen and oxygen atoms in total. The molecule has 0 unspecified atom stereocenters. The number of hydrogen-bond donors (Lipinski definition) is 2. The molecule has 0 aliphatic rings. The molecule has 11 heteroatoms. The van der Waals surface area contributed by atoms with Gasteiger partial charge in [-0.05, 0) is 55.5 Å². The fraction of sp³-hybridized carbons (Fsp3) is 0.0870. The van der Waals surface area contributed by atoms with Crippen molar-refractivity contribution in [1.29, 1.82) is 0 Å². The van der Waals surface area contributed by atoms with E-state index in [9.17, 15) is 9.59 Å². The van der Waals surface area contributed by atoms with Gasteiger partial charge in [0.05, 0.1) is 12.6 Å². The number of anilines is 1. The summed E-state index contributed by atoms with van der Waals surface area (Å²) in [6.07, 6.45) is 1.39. The Balaban J connectivity index is 1.24. The number of aromatic nitrogens is 2. The van der Waals surface area contributed by atoms with Gasteiger partial charge in [-0.2, -0.15) is 5.10 Å². The molecule has 0 saturated carbocycles. The quantitative estimate of drug-likeness (QED) is 0.249. The van der Waals surface area contributed by atoms with E-state index >= 15 is 0 Å². The summed E-state index contributed by atoms with van der Waals surface area (Å²) in [6.45, 7) is 1.95. The summed E-state index contributed by atoms with van der Waals surface area (Å²) < 4.78 is 5.67.